The van der Waals surface area contributed by atoms with Crippen LogP contribution in [0.4, 0.5) is 18.9 Å². The van der Waals surface area contributed by atoms with Crippen LogP contribution in [-0.4, -0.2) is 12.8 Å². The number of ether oxygens (including phenoxy) is 1. The van der Waals surface area contributed by atoms with Crippen LogP contribution in [0, 0.1) is 6.92 Å². The first-order valence-electron chi connectivity index (χ1n) is 5.51. The molecule has 0 aliphatic rings. The highest BCUT2D eigenvalue weighted by Crippen LogP contribution is 2.30. The fourth-order valence-electron chi connectivity index (χ4n) is 1.58. The highest BCUT2D eigenvalue weighted by Gasteiger charge is 2.28. The van der Waals surface area contributed by atoms with Gasteiger partial charge >= 0.3 is 6.18 Å². The quantitative estimate of drug-likeness (QED) is 0.864. The van der Waals surface area contributed by atoms with Gasteiger partial charge in [-0.1, -0.05) is 0 Å². The number of benzene rings is 1. The Morgan fingerprint density at radius 2 is 1.95 bits per heavy atom. The Hall–Kier alpha value is -2.11. The molecule has 19 heavy (non-hydrogen) atoms. The Morgan fingerprint density at radius 3 is 2.47 bits per heavy atom. The molecule has 1 aromatic heterocycles. The molecule has 2 aromatic rings. The first-order chi connectivity index (χ1) is 8.85. The van der Waals surface area contributed by atoms with E-state index in [4.69, 9.17) is 10.2 Å². The number of nitrogen functional groups attached to an aromatic ring is 1. The van der Waals surface area contributed by atoms with Crippen LogP contribution in [0.1, 0.15) is 5.76 Å². The van der Waals surface area contributed by atoms with Crippen LogP contribution in [0.2, 0.25) is 0 Å². The molecule has 0 spiro atoms. The Labute approximate surface area is 107 Å². The van der Waals surface area contributed by atoms with E-state index in [-0.39, 0.29) is 11.4 Å². The van der Waals surface area contributed by atoms with E-state index in [9.17, 15) is 13.2 Å². The molecule has 1 heterocycles. The molecule has 0 bridgehead atoms. The van der Waals surface area contributed by atoms with Gasteiger partial charge in [-0.25, -0.2) is 0 Å². The molecular formula is C13H12F3NO2. The third-order valence-electron chi connectivity index (χ3n) is 2.43. The minimum atomic E-state index is -4.39. The van der Waals surface area contributed by atoms with Crippen LogP contribution in [0.15, 0.2) is 34.7 Å². The van der Waals surface area contributed by atoms with E-state index in [0.29, 0.717) is 11.3 Å². The molecule has 3 nitrogen and oxygen atoms in total. The Bertz CT molecular complexity index is 576. The van der Waals surface area contributed by atoms with Gasteiger partial charge in [0.25, 0.3) is 0 Å². The molecule has 2 N–H and O–H groups in total. The monoisotopic (exact) mass is 271 g/mol. The molecule has 0 radical (unpaired) electrons. The summed E-state index contributed by atoms with van der Waals surface area (Å²) in [5.74, 6) is 1.35. The lowest BCUT2D eigenvalue weighted by atomic mass is 10.1. The minimum absolute atomic E-state index is 0.00403. The summed E-state index contributed by atoms with van der Waals surface area (Å²) in [5, 5.41) is 0. The predicted molar refractivity (Wildman–Crippen MR) is 64.8 cm³/mol. The molecule has 0 amide bonds. The SMILES string of the molecule is Cc1ccc(-c2ccc(OCC(F)(F)F)c(N)c2)o1. The molecule has 1 aromatic carbocycles. The fourth-order valence-corrected chi connectivity index (χ4v) is 1.58. The topological polar surface area (TPSA) is 48.4 Å². The molecule has 0 atom stereocenters. The summed E-state index contributed by atoms with van der Waals surface area (Å²) in [6.07, 6.45) is -4.39. The van der Waals surface area contributed by atoms with Gasteiger partial charge in [-0.3, -0.25) is 0 Å². The number of nitrogens with two attached hydrogens (primary N) is 1. The minimum Gasteiger partial charge on any atom is -0.482 e. The summed E-state index contributed by atoms with van der Waals surface area (Å²) in [5.41, 5.74) is 6.48. The van der Waals surface area contributed by atoms with Crippen molar-refractivity contribution < 1.29 is 22.3 Å². The van der Waals surface area contributed by atoms with Crippen molar-refractivity contribution in [2.45, 2.75) is 13.1 Å². The van der Waals surface area contributed by atoms with E-state index < -0.39 is 12.8 Å². The van der Waals surface area contributed by atoms with E-state index >= 15 is 0 Å². The van der Waals surface area contributed by atoms with E-state index in [2.05, 4.69) is 4.74 Å². The maximum Gasteiger partial charge on any atom is 0.422 e. The second kappa shape index (κ2) is 4.87. The third kappa shape index (κ3) is 3.43. The van der Waals surface area contributed by atoms with Gasteiger partial charge in [-0.05, 0) is 37.3 Å². The van der Waals surface area contributed by atoms with E-state index in [1.807, 2.05) is 0 Å². The van der Waals surface area contributed by atoms with Crippen LogP contribution < -0.4 is 10.5 Å². The van der Waals surface area contributed by atoms with Crippen molar-refractivity contribution in [1.29, 1.82) is 0 Å². The number of furan rings is 1. The van der Waals surface area contributed by atoms with Crippen molar-refractivity contribution in [3.8, 4) is 17.1 Å². The number of hydrogen-bond donors (Lipinski definition) is 1. The molecule has 0 saturated carbocycles. The highest BCUT2D eigenvalue weighted by molar-refractivity contribution is 5.67. The van der Waals surface area contributed by atoms with E-state index in [1.54, 1.807) is 25.1 Å². The molecule has 102 valence electrons. The van der Waals surface area contributed by atoms with Crippen LogP contribution in [0.5, 0.6) is 5.75 Å². The molecule has 0 aliphatic heterocycles. The Morgan fingerprint density at radius 1 is 1.21 bits per heavy atom. The number of alkyl halides is 3. The zero-order valence-electron chi connectivity index (χ0n) is 10.1. The second-order valence-corrected chi connectivity index (χ2v) is 4.07. The van der Waals surface area contributed by atoms with Crippen LogP contribution in [0.25, 0.3) is 11.3 Å². The Balaban J connectivity index is 2.18. The van der Waals surface area contributed by atoms with Crippen molar-refractivity contribution in [1.82, 2.24) is 0 Å². The van der Waals surface area contributed by atoms with E-state index in [1.165, 1.54) is 12.1 Å². The predicted octanol–water partition coefficient (Wildman–Crippen LogP) is 3.78. The number of aryl methyl sites for hydroxylation is 1. The average Bonchev–Trinajstić information content (AvgIpc) is 2.73. The lowest BCUT2D eigenvalue weighted by Crippen LogP contribution is -2.19. The lowest BCUT2D eigenvalue weighted by molar-refractivity contribution is -0.153. The van der Waals surface area contributed by atoms with Gasteiger partial charge in [0, 0.05) is 5.56 Å². The largest absolute Gasteiger partial charge is 0.482 e. The number of hydrogen-bond acceptors (Lipinski definition) is 3. The molecule has 0 aliphatic carbocycles. The first-order valence-corrected chi connectivity index (χ1v) is 5.51. The van der Waals surface area contributed by atoms with Crippen molar-refractivity contribution in [2.75, 3.05) is 12.3 Å². The fraction of sp³-hybridized carbons (Fsp3) is 0.231. The normalized spacial score (nSPS) is 11.6. The molecule has 0 unspecified atom stereocenters. The molecular weight excluding hydrogens is 259 g/mol. The van der Waals surface area contributed by atoms with Gasteiger partial charge in [0.05, 0.1) is 5.69 Å². The lowest BCUT2D eigenvalue weighted by Gasteiger charge is -2.11. The zero-order chi connectivity index (χ0) is 14.0. The van der Waals surface area contributed by atoms with Gasteiger partial charge in [-0.15, -0.1) is 0 Å². The maximum absolute atomic E-state index is 12.0. The summed E-state index contributed by atoms with van der Waals surface area (Å²) in [6, 6.07) is 8.07. The van der Waals surface area contributed by atoms with Crippen molar-refractivity contribution in [3.05, 3.63) is 36.1 Å². The van der Waals surface area contributed by atoms with Gasteiger partial charge in [-0.2, -0.15) is 13.2 Å². The van der Waals surface area contributed by atoms with Crippen LogP contribution in [-0.2, 0) is 0 Å². The molecule has 0 fully saturated rings. The van der Waals surface area contributed by atoms with Crippen molar-refractivity contribution in [3.63, 3.8) is 0 Å². The molecule has 0 saturated heterocycles. The van der Waals surface area contributed by atoms with Gasteiger partial charge in [0.1, 0.15) is 17.3 Å². The van der Waals surface area contributed by atoms with E-state index in [0.717, 1.165) is 5.76 Å². The molecule has 2 rings (SSSR count). The Kier molecular flexibility index (Phi) is 3.42. The smallest absolute Gasteiger partial charge is 0.422 e. The summed E-state index contributed by atoms with van der Waals surface area (Å²) in [6.45, 7) is 0.435. The van der Waals surface area contributed by atoms with Gasteiger partial charge < -0.3 is 14.9 Å². The van der Waals surface area contributed by atoms with Gasteiger partial charge in [0.2, 0.25) is 0 Å². The average molecular weight is 271 g/mol. The summed E-state index contributed by atoms with van der Waals surface area (Å²) >= 11 is 0. The maximum atomic E-state index is 12.0. The highest BCUT2D eigenvalue weighted by atomic mass is 19.4. The number of rotatable bonds is 3. The van der Waals surface area contributed by atoms with Crippen molar-refractivity contribution >= 4 is 5.69 Å². The third-order valence-corrected chi connectivity index (χ3v) is 2.43. The van der Waals surface area contributed by atoms with Gasteiger partial charge in [0.15, 0.2) is 6.61 Å². The second-order valence-electron chi connectivity index (χ2n) is 4.07. The molecule has 6 heteroatoms. The number of anilines is 1. The summed E-state index contributed by atoms with van der Waals surface area (Å²) in [4.78, 5) is 0. The standard InChI is InChI=1S/C13H12F3NO2/c1-8-2-4-11(19-8)9-3-5-12(10(17)6-9)18-7-13(14,15)16/h2-6H,7,17H2,1H3. The zero-order valence-corrected chi connectivity index (χ0v) is 10.1. The van der Waals surface area contributed by atoms with Crippen molar-refractivity contribution in [2.24, 2.45) is 0 Å². The van der Waals surface area contributed by atoms with Crippen LogP contribution >= 0.6 is 0 Å². The number of halogens is 3. The summed E-state index contributed by atoms with van der Waals surface area (Å²) in [7, 11) is 0. The van der Waals surface area contributed by atoms with Crippen LogP contribution in [0.3, 0.4) is 0 Å². The first kappa shape index (κ1) is 13.3. The summed E-state index contributed by atoms with van der Waals surface area (Å²) < 4.78 is 46.1.